The van der Waals surface area contributed by atoms with Gasteiger partial charge in [-0.25, -0.2) is 4.98 Å². The van der Waals surface area contributed by atoms with E-state index in [9.17, 15) is 0 Å². The highest BCUT2D eigenvalue weighted by atomic mass is 16.5. The maximum absolute atomic E-state index is 5.22. The molecule has 0 spiro atoms. The van der Waals surface area contributed by atoms with Crippen molar-refractivity contribution in [1.29, 1.82) is 0 Å². The molecule has 0 aliphatic carbocycles. The van der Waals surface area contributed by atoms with Crippen LogP contribution in [0.2, 0.25) is 0 Å². The van der Waals surface area contributed by atoms with Crippen LogP contribution >= 0.6 is 0 Å². The number of aryl methyl sites for hydroxylation is 3. The first kappa shape index (κ1) is 12.6. The minimum Gasteiger partial charge on any atom is -0.339 e. The van der Waals surface area contributed by atoms with Gasteiger partial charge in [-0.05, 0) is 43.5 Å². The predicted molar refractivity (Wildman–Crippen MR) is 78.2 cm³/mol. The summed E-state index contributed by atoms with van der Waals surface area (Å²) in [7, 11) is 0. The van der Waals surface area contributed by atoms with E-state index < -0.39 is 0 Å². The Morgan fingerprint density at radius 3 is 2.75 bits per heavy atom. The summed E-state index contributed by atoms with van der Waals surface area (Å²) in [5.41, 5.74) is 4.88. The van der Waals surface area contributed by atoms with Crippen molar-refractivity contribution >= 4 is 22.6 Å². The summed E-state index contributed by atoms with van der Waals surface area (Å²) in [6.07, 6.45) is 2.26. The number of nitrogens with one attached hydrogen (secondary N) is 1. The van der Waals surface area contributed by atoms with E-state index in [0.717, 1.165) is 29.0 Å². The summed E-state index contributed by atoms with van der Waals surface area (Å²) in [6, 6.07) is 6.22. The molecule has 0 unspecified atom stereocenters. The second-order valence-corrected chi connectivity index (χ2v) is 4.81. The zero-order valence-corrected chi connectivity index (χ0v) is 11.8. The number of benzene rings is 1. The number of aromatic nitrogens is 3. The first-order valence-electron chi connectivity index (χ1n) is 6.62. The van der Waals surface area contributed by atoms with Crippen molar-refractivity contribution in [2.75, 3.05) is 5.32 Å². The lowest BCUT2D eigenvalue weighted by molar-refractivity contribution is 0.439. The fraction of sp³-hybridized carbons (Fsp3) is 0.267. The van der Waals surface area contributed by atoms with E-state index in [4.69, 9.17) is 4.52 Å². The minimum absolute atomic E-state index is 0.517. The van der Waals surface area contributed by atoms with Crippen LogP contribution in [0.3, 0.4) is 0 Å². The molecule has 5 nitrogen and oxygen atoms in total. The topological polar surface area (TPSA) is 63.8 Å². The van der Waals surface area contributed by atoms with Gasteiger partial charge >= 0.3 is 0 Å². The molecule has 20 heavy (non-hydrogen) atoms. The highest BCUT2D eigenvalue weighted by Gasteiger charge is 2.13. The number of nitrogens with zero attached hydrogens (tertiary/aromatic N) is 3. The largest absolute Gasteiger partial charge is 0.339 e. The normalized spacial score (nSPS) is 10.9. The van der Waals surface area contributed by atoms with Gasteiger partial charge in [0.1, 0.15) is 17.5 Å². The van der Waals surface area contributed by atoms with Gasteiger partial charge < -0.3 is 9.84 Å². The monoisotopic (exact) mass is 268 g/mol. The molecule has 0 radical (unpaired) electrons. The van der Waals surface area contributed by atoms with Crippen LogP contribution in [0.5, 0.6) is 0 Å². The van der Waals surface area contributed by atoms with Crippen molar-refractivity contribution in [2.24, 2.45) is 0 Å². The molecular weight excluding hydrogens is 252 g/mol. The third-order valence-electron chi connectivity index (χ3n) is 3.45. The van der Waals surface area contributed by atoms with Gasteiger partial charge in [0.2, 0.25) is 0 Å². The Labute approximate surface area is 117 Å². The quantitative estimate of drug-likeness (QED) is 0.787. The fourth-order valence-corrected chi connectivity index (χ4v) is 2.13. The van der Waals surface area contributed by atoms with Crippen molar-refractivity contribution in [1.82, 2.24) is 15.1 Å². The Morgan fingerprint density at radius 2 is 2.00 bits per heavy atom. The Bertz CT molecular complexity index is 764. The molecule has 3 aromatic rings. The predicted octanol–water partition coefficient (Wildman–Crippen LogP) is 3.54. The number of hydrogen-bond acceptors (Lipinski definition) is 5. The summed E-state index contributed by atoms with van der Waals surface area (Å²) < 4.78 is 5.22. The van der Waals surface area contributed by atoms with Crippen LogP contribution in [0.15, 0.2) is 29.0 Å². The highest BCUT2D eigenvalue weighted by molar-refractivity contribution is 5.89. The second kappa shape index (κ2) is 4.92. The first-order chi connectivity index (χ1) is 9.69. The van der Waals surface area contributed by atoms with E-state index in [-0.39, 0.29) is 0 Å². The summed E-state index contributed by atoms with van der Waals surface area (Å²) in [5.74, 6) is 0.733. The summed E-state index contributed by atoms with van der Waals surface area (Å²) in [5, 5.41) is 8.21. The van der Waals surface area contributed by atoms with Gasteiger partial charge in [0.05, 0.1) is 5.69 Å². The summed E-state index contributed by atoms with van der Waals surface area (Å²) >= 11 is 0. The Morgan fingerprint density at radius 1 is 1.15 bits per heavy atom. The molecular formula is C15H16N4O. The van der Waals surface area contributed by atoms with Crippen molar-refractivity contribution < 1.29 is 4.52 Å². The van der Waals surface area contributed by atoms with Gasteiger partial charge in [0, 0.05) is 5.69 Å². The molecule has 0 aliphatic rings. The highest BCUT2D eigenvalue weighted by Crippen LogP contribution is 2.27. The van der Waals surface area contributed by atoms with E-state index in [1.54, 1.807) is 0 Å². The van der Waals surface area contributed by atoms with Gasteiger partial charge in [0.15, 0.2) is 0 Å². The Hall–Kier alpha value is -2.43. The molecule has 2 aromatic heterocycles. The van der Waals surface area contributed by atoms with E-state index in [1.165, 1.54) is 17.5 Å². The molecule has 0 saturated heterocycles. The SMILES string of the molecule is CCc1noc2ncnc(Nc3ccc(C)c(C)c3)c12. The van der Waals surface area contributed by atoms with Crippen LogP contribution < -0.4 is 5.32 Å². The maximum atomic E-state index is 5.22. The lowest BCUT2D eigenvalue weighted by Crippen LogP contribution is -1.97. The van der Waals surface area contributed by atoms with Gasteiger partial charge in [-0.1, -0.05) is 18.1 Å². The average Bonchev–Trinajstić information content (AvgIpc) is 2.87. The number of fused-ring (bicyclic) bond motifs is 1. The first-order valence-corrected chi connectivity index (χ1v) is 6.62. The molecule has 0 fully saturated rings. The third-order valence-corrected chi connectivity index (χ3v) is 3.45. The molecule has 0 atom stereocenters. The van der Waals surface area contributed by atoms with E-state index in [1.807, 2.05) is 13.0 Å². The van der Waals surface area contributed by atoms with E-state index in [0.29, 0.717) is 5.71 Å². The van der Waals surface area contributed by atoms with Crippen molar-refractivity contribution in [3.8, 4) is 0 Å². The molecule has 0 bridgehead atoms. The van der Waals surface area contributed by atoms with Crippen LogP contribution in [-0.4, -0.2) is 15.1 Å². The molecule has 3 rings (SSSR count). The van der Waals surface area contributed by atoms with Crippen LogP contribution in [0.25, 0.3) is 11.1 Å². The molecule has 1 N–H and O–H groups in total. The molecule has 0 aliphatic heterocycles. The molecule has 102 valence electrons. The second-order valence-electron chi connectivity index (χ2n) is 4.81. The van der Waals surface area contributed by atoms with Gasteiger partial charge in [0.25, 0.3) is 5.71 Å². The van der Waals surface area contributed by atoms with Crippen LogP contribution in [0.4, 0.5) is 11.5 Å². The van der Waals surface area contributed by atoms with Crippen LogP contribution in [-0.2, 0) is 6.42 Å². The zero-order chi connectivity index (χ0) is 14.1. The fourth-order valence-electron chi connectivity index (χ4n) is 2.13. The Balaban J connectivity index is 2.05. The number of rotatable bonds is 3. The van der Waals surface area contributed by atoms with Crippen molar-refractivity contribution in [2.45, 2.75) is 27.2 Å². The lowest BCUT2D eigenvalue weighted by Gasteiger charge is -2.08. The van der Waals surface area contributed by atoms with E-state index in [2.05, 4.69) is 46.4 Å². The zero-order valence-electron chi connectivity index (χ0n) is 11.8. The molecule has 0 saturated carbocycles. The maximum Gasteiger partial charge on any atom is 0.263 e. The standard InChI is InChI=1S/C15H16N4O/c1-4-12-13-14(16-8-17-15(13)20-19-12)18-11-6-5-9(2)10(3)7-11/h5-8H,4H2,1-3H3,(H,16,17,18). The molecule has 1 aromatic carbocycles. The van der Waals surface area contributed by atoms with E-state index >= 15 is 0 Å². The lowest BCUT2D eigenvalue weighted by atomic mass is 10.1. The third kappa shape index (κ3) is 2.11. The summed E-state index contributed by atoms with van der Waals surface area (Å²) in [6.45, 7) is 6.22. The van der Waals surface area contributed by atoms with Crippen LogP contribution in [0.1, 0.15) is 23.7 Å². The van der Waals surface area contributed by atoms with Gasteiger partial charge in [-0.3, -0.25) is 0 Å². The molecule has 0 amide bonds. The molecule has 5 heteroatoms. The van der Waals surface area contributed by atoms with Gasteiger partial charge in [-0.15, -0.1) is 0 Å². The van der Waals surface area contributed by atoms with Crippen molar-refractivity contribution in [3.63, 3.8) is 0 Å². The van der Waals surface area contributed by atoms with Crippen molar-refractivity contribution in [3.05, 3.63) is 41.3 Å². The Kier molecular flexibility index (Phi) is 3.10. The molecule has 2 heterocycles. The minimum atomic E-state index is 0.517. The number of hydrogen-bond donors (Lipinski definition) is 1. The summed E-state index contributed by atoms with van der Waals surface area (Å²) in [4.78, 5) is 8.42. The average molecular weight is 268 g/mol. The smallest absolute Gasteiger partial charge is 0.263 e. The van der Waals surface area contributed by atoms with Gasteiger partial charge in [-0.2, -0.15) is 4.98 Å². The number of anilines is 2. The van der Waals surface area contributed by atoms with Crippen LogP contribution in [0, 0.1) is 13.8 Å².